The zero-order valence-corrected chi connectivity index (χ0v) is 19.1. The molecular weight excluding hydrogens is 450 g/mol. The zero-order valence-electron chi connectivity index (χ0n) is 19.1. The Bertz CT molecular complexity index is 1190. The minimum atomic E-state index is -0.720. The minimum absolute atomic E-state index is 0.120. The molecule has 10 nitrogen and oxygen atoms in total. The van der Waals surface area contributed by atoms with Crippen LogP contribution in [0, 0.1) is 0 Å². The van der Waals surface area contributed by atoms with Crippen molar-refractivity contribution in [3.05, 3.63) is 78.8 Å². The summed E-state index contributed by atoms with van der Waals surface area (Å²) in [5, 5.41) is 14.1. The Balaban J connectivity index is 1.38. The van der Waals surface area contributed by atoms with Crippen LogP contribution in [-0.2, 0) is 20.9 Å². The number of amides is 3. The van der Waals surface area contributed by atoms with Crippen LogP contribution in [0.25, 0.3) is 0 Å². The van der Waals surface area contributed by atoms with Gasteiger partial charge in [0.2, 0.25) is 5.91 Å². The van der Waals surface area contributed by atoms with E-state index < -0.39 is 12.0 Å². The number of anilines is 3. The average Bonchev–Trinajstić information content (AvgIpc) is 3.55. The second-order valence-electron chi connectivity index (χ2n) is 7.62. The van der Waals surface area contributed by atoms with Crippen LogP contribution in [0.4, 0.5) is 21.9 Å². The molecular formula is C25H25N5O5. The van der Waals surface area contributed by atoms with Gasteiger partial charge in [-0.1, -0.05) is 18.2 Å². The van der Waals surface area contributed by atoms with Gasteiger partial charge in [-0.25, -0.2) is 9.59 Å². The maximum Gasteiger partial charge on any atom is 0.354 e. The van der Waals surface area contributed by atoms with Crippen LogP contribution in [0.3, 0.4) is 0 Å². The lowest BCUT2D eigenvalue weighted by Crippen LogP contribution is -2.38. The zero-order chi connectivity index (χ0) is 24.6. The molecule has 0 bridgehead atoms. The SMILES string of the molecule is CCOC(=O)C1=NN(c2ccccc2)C(C(=O)Nc2ccc(NC(=O)NCc3ccco3)cc2)C1. The number of carbonyl (C=O) groups is 3. The Hall–Kier alpha value is -4.60. The highest BCUT2D eigenvalue weighted by Crippen LogP contribution is 2.26. The van der Waals surface area contributed by atoms with Crippen LogP contribution in [-0.4, -0.2) is 36.3 Å². The van der Waals surface area contributed by atoms with Gasteiger partial charge in [0.15, 0.2) is 0 Å². The van der Waals surface area contributed by atoms with Gasteiger partial charge < -0.3 is 25.1 Å². The molecule has 3 amide bonds. The molecule has 1 atom stereocenters. The molecule has 3 N–H and O–H groups in total. The van der Waals surface area contributed by atoms with E-state index in [1.807, 2.05) is 30.3 Å². The van der Waals surface area contributed by atoms with Crippen molar-refractivity contribution in [1.29, 1.82) is 0 Å². The summed E-state index contributed by atoms with van der Waals surface area (Å²) >= 11 is 0. The molecule has 1 aliphatic rings. The molecule has 180 valence electrons. The van der Waals surface area contributed by atoms with Crippen molar-refractivity contribution in [2.24, 2.45) is 5.10 Å². The Morgan fingerprint density at radius 1 is 1.00 bits per heavy atom. The van der Waals surface area contributed by atoms with Crippen molar-refractivity contribution in [1.82, 2.24) is 5.32 Å². The predicted octanol–water partition coefficient (Wildman–Crippen LogP) is 3.74. The molecule has 0 saturated heterocycles. The summed E-state index contributed by atoms with van der Waals surface area (Å²) in [7, 11) is 0. The maximum atomic E-state index is 13.1. The number of carbonyl (C=O) groups excluding carboxylic acids is 3. The van der Waals surface area contributed by atoms with Crippen LogP contribution >= 0.6 is 0 Å². The lowest BCUT2D eigenvalue weighted by Gasteiger charge is -2.22. The van der Waals surface area contributed by atoms with Crippen LogP contribution in [0.15, 0.2) is 82.5 Å². The van der Waals surface area contributed by atoms with Crippen molar-refractivity contribution < 1.29 is 23.5 Å². The number of ether oxygens (including phenoxy) is 1. The number of furan rings is 1. The molecule has 0 aliphatic carbocycles. The maximum absolute atomic E-state index is 13.1. The van der Waals surface area contributed by atoms with E-state index in [1.54, 1.807) is 43.3 Å². The first-order chi connectivity index (χ1) is 17.0. The Kier molecular flexibility index (Phi) is 7.41. The van der Waals surface area contributed by atoms with Gasteiger partial charge in [0, 0.05) is 17.8 Å². The number of hydrazone groups is 1. The van der Waals surface area contributed by atoms with Crippen LogP contribution in [0.1, 0.15) is 19.1 Å². The van der Waals surface area contributed by atoms with Gasteiger partial charge in [-0.2, -0.15) is 5.10 Å². The number of nitrogens with one attached hydrogen (secondary N) is 3. The standard InChI is InChI=1S/C25H25N5O5/c1-2-34-24(32)21-15-22(30(29-21)19-7-4-3-5-8-19)23(31)27-17-10-12-18(13-11-17)28-25(33)26-16-20-9-6-14-35-20/h3-14,22H,2,15-16H2,1H3,(H,27,31)(H2,26,28,33). The van der Waals surface area contributed by atoms with Gasteiger partial charge in [0.05, 0.1) is 25.1 Å². The van der Waals surface area contributed by atoms with E-state index in [-0.39, 0.29) is 37.2 Å². The fourth-order valence-corrected chi connectivity index (χ4v) is 3.49. The number of para-hydroxylation sites is 1. The van der Waals surface area contributed by atoms with Gasteiger partial charge in [-0.3, -0.25) is 9.80 Å². The third-order valence-electron chi connectivity index (χ3n) is 5.16. The first kappa shape index (κ1) is 23.6. The number of hydrogen-bond donors (Lipinski definition) is 3. The second-order valence-corrected chi connectivity index (χ2v) is 7.62. The lowest BCUT2D eigenvalue weighted by atomic mass is 10.1. The predicted molar refractivity (Wildman–Crippen MR) is 131 cm³/mol. The monoisotopic (exact) mass is 475 g/mol. The number of esters is 1. The quantitative estimate of drug-likeness (QED) is 0.426. The van der Waals surface area contributed by atoms with Gasteiger partial charge in [0.25, 0.3) is 0 Å². The fourth-order valence-electron chi connectivity index (χ4n) is 3.49. The molecule has 0 saturated carbocycles. The highest BCUT2D eigenvalue weighted by Gasteiger charge is 2.36. The topological polar surface area (TPSA) is 125 Å². The van der Waals surface area contributed by atoms with Gasteiger partial charge in [0.1, 0.15) is 17.5 Å². The Morgan fingerprint density at radius 3 is 2.37 bits per heavy atom. The normalized spacial score (nSPS) is 14.7. The molecule has 0 radical (unpaired) electrons. The molecule has 1 unspecified atom stereocenters. The van der Waals surface area contributed by atoms with E-state index in [1.165, 1.54) is 11.3 Å². The van der Waals surface area contributed by atoms with Crippen molar-refractivity contribution in [3.8, 4) is 0 Å². The third-order valence-corrected chi connectivity index (χ3v) is 5.16. The second kappa shape index (κ2) is 11.0. The van der Waals surface area contributed by atoms with Gasteiger partial charge in [-0.15, -0.1) is 0 Å². The summed E-state index contributed by atoms with van der Waals surface area (Å²) in [6, 6.07) is 18.3. The van der Waals surface area contributed by atoms with Gasteiger partial charge in [-0.05, 0) is 55.5 Å². The molecule has 2 aromatic carbocycles. The number of hydrogen-bond acceptors (Lipinski definition) is 7. The lowest BCUT2D eigenvalue weighted by molar-refractivity contribution is -0.135. The minimum Gasteiger partial charge on any atom is -0.467 e. The highest BCUT2D eigenvalue weighted by molar-refractivity contribution is 6.38. The van der Waals surface area contributed by atoms with Crippen LogP contribution in [0.2, 0.25) is 0 Å². The van der Waals surface area contributed by atoms with Crippen molar-refractivity contribution in [3.63, 3.8) is 0 Å². The molecule has 4 rings (SSSR count). The Morgan fingerprint density at radius 2 is 1.71 bits per heavy atom. The summed E-state index contributed by atoms with van der Waals surface area (Å²) in [4.78, 5) is 37.4. The molecule has 2 heterocycles. The van der Waals surface area contributed by atoms with Gasteiger partial charge >= 0.3 is 12.0 Å². The van der Waals surface area contributed by atoms with Crippen molar-refractivity contribution in [2.75, 3.05) is 22.2 Å². The van der Waals surface area contributed by atoms with E-state index in [2.05, 4.69) is 21.1 Å². The molecule has 1 aliphatic heterocycles. The van der Waals surface area contributed by atoms with E-state index in [9.17, 15) is 14.4 Å². The largest absolute Gasteiger partial charge is 0.467 e. The molecule has 0 fully saturated rings. The van der Waals surface area contributed by atoms with E-state index in [0.717, 1.165) is 0 Å². The van der Waals surface area contributed by atoms with Crippen molar-refractivity contribution in [2.45, 2.75) is 25.9 Å². The third kappa shape index (κ3) is 6.05. The van der Waals surface area contributed by atoms with Crippen LogP contribution < -0.4 is 21.0 Å². The van der Waals surface area contributed by atoms with E-state index in [0.29, 0.717) is 22.8 Å². The molecule has 3 aromatic rings. The highest BCUT2D eigenvalue weighted by atomic mass is 16.5. The summed E-state index contributed by atoms with van der Waals surface area (Å²) in [5.74, 6) is -0.219. The number of nitrogens with zero attached hydrogens (tertiary/aromatic N) is 2. The van der Waals surface area contributed by atoms with E-state index >= 15 is 0 Å². The van der Waals surface area contributed by atoms with Crippen LogP contribution in [0.5, 0.6) is 0 Å². The summed E-state index contributed by atoms with van der Waals surface area (Å²) in [6.07, 6.45) is 1.66. The average molecular weight is 476 g/mol. The van der Waals surface area contributed by atoms with E-state index in [4.69, 9.17) is 9.15 Å². The number of urea groups is 1. The fraction of sp³-hybridized carbons (Fsp3) is 0.200. The molecule has 1 aromatic heterocycles. The first-order valence-corrected chi connectivity index (χ1v) is 11.1. The summed E-state index contributed by atoms with van der Waals surface area (Å²) in [5.41, 5.74) is 1.97. The number of rotatable bonds is 8. The molecule has 10 heteroatoms. The smallest absolute Gasteiger partial charge is 0.354 e. The Labute approximate surface area is 201 Å². The number of benzene rings is 2. The molecule has 0 spiro atoms. The van der Waals surface area contributed by atoms with Crippen molar-refractivity contribution >= 4 is 40.7 Å². The molecule has 35 heavy (non-hydrogen) atoms. The first-order valence-electron chi connectivity index (χ1n) is 11.1. The summed E-state index contributed by atoms with van der Waals surface area (Å²) in [6.45, 7) is 2.21. The summed E-state index contributed by atoms with van der Waals surface area (Å²) < 4.78 is 10.2.